The number of fused-ring (bicyclic) bond motifs is 1. The molecule has 210 valence electrons. The molecule has 2 aliphatic heterocycles. The van der Waals surface area contributed by atoms with E-state index in [0.29, 0.717) is 72.1 Å². The van der Waals surface area contributed by atoms with Gasteiger partial charge in [0, 0.05) is 63.0 Å². The Morgan fingerprint density at radius 2 is 1.85 bits per heavy atom. The second kappa shape index (κ2) is 12.8. The molecule has 0 atom stereocenters. The van der Waals surface area contributed by atoms with Gasteiger partial charge < -0.3 is 29.3 Å². The first-order valence-electron chi connectivity index (χ1n) is 13.5. The molecule has 0 aliphatic carbocycles. The molecule has 2 aliphatic rings. The lowest BCUT2D eigenvalue weighted by Gasteiger charge is -2.36. The summed E-state index contributed by atoms with van der Waals surface area (Å²) in [6.45, 7) is 6.64. The maximum Gasteiger partial charge on any atom is 0.321 e. The highest BCUT2D eigenvalue weighted by molar-refractivity contribution is 5.94. The van der Waals surface area contributed by atoms with Crippen molar-refractivity contribution in [2.75, 3.05) is 83.0 Å². The van der Waals surface area contributed by atoms with Gasteiger partial charge in [-0.15, -0.1) is 0 Å². The van der Waals surface area contributed by atoms with E-state index in [4.69, 9.17) is 19.5 Å². The molecular formula is C29H33FN6O4. The summed E-state index contributed by atoms with van der Waals surface area (Å²) >= 11 is 0. The fourth-order valence-corrected chi connectivity index (χ4v) is 5.01. The number of nitrogens with zero attached hydrogens (tertiary/aromatic N) is 5. The van der Waals surface area contributed by atoms with Crippen LogP contribution in [-0.2, 0) is 4.74 Å². The molecule has 11 heteroatoms. The number of nitrogens with one attached hydrogen (secondary N) is 1. The van der Waals surface area contributed by atoms with Gasteiger partial charge in [0.1, 0.15) is 0 Å². The zero-order chi connectivity index (χ0) is 27.9. The highest BCUT2D eigenvalue weighted by Crippen LogP contribution is 2.37. The van der Waals surface area contributed by atoms with Crippen LogP contribution in [0.15, 0.2) is 42.6 Å². The van der Waals surface area contributed by atoms with Gasteiger partial charge >= 0.3 is 6.03 Å². The molecule has 3 heterocycles. The molecule has 0 radical (unpaired) electrons. The smallest absolute Gasteiger partial charge is 0.321 e. The van der Waals surface area contributed by atoms with Crippen molar-refractivity contribution in [2.45, 2.75) is 6.42 Å². The van der Waals surface area contributed by atoms with Gasteiger partial charge in [0.2, 0.25) is 0 Å². The molecule has 0 saturated carbocycles. The predicted octanol–water partition coefficient (Wildman–Crippen LogP) is 3.71. The molecular weight excluding hydrogens is 515 g/mol. The second-order valence-corrected chi connectivity index (χ2v) is 9.72. The van der Waals surface area contributed by atoms with E-state index in [1.165, 1.54) is 6.20 Å². The van der Waals surface area contributed by atoms with Gasteiger partial charge in [0.25, 0.3) is 0 Å². The number of morpholine rings is 1. The van der Waals surface area contributed by atoms with Crippen molar-refractivity contribution < 1.29 is 23.4 Å². The van der Waals surface area contributed by atoms with Gasteiger partial charge in [0.05, 0.1) is 56.0 Å². The van der Waals surface area contributed by atoms with Crippen LogP contribution < -0.4 is 19.7 Å². The molecule has 2 saturated heterocycles. The third kappa shape index (κ3) is 6.35. The van der Waals surface area contributed by atoms with Crippen LogP contribution in [-0.4, -0.2) is 93.6 Å². The summed E-state index contributed by atoms with van der Waals surface area (Å²) in [5.41, 5.74) is 2.19. The van der Waals surface area contributed by atoms with E-state index in [1.54, 1.807) is 48.4 Å². The van der Waals surface area contributed by atoms with Crippen molar-refractivity contribution in [1.29, 1.82) is 5.26 Å². The number of hydrogen-bond donors (Lipinski definition) is 1. The lowest BCUT2D eigenvalue weighted by Crippen LogP contribution is -2.50. The third-order valence-corrected chi connectivity index (χ3v) is 7.21. The molecule has 0 unspecified atom stereocenters. The molecule has 0 spiro atoms. The zero-order valence-electron chi connectivity index (χ0n) is 22.6. The van der Waals surface area contributed by atoms with Crippen LogP contribution in [0.2, 0.25) is 0 Å². The molecule has 1 N–H and O–H groups in total. The Morgan fingerprint density at radius 3 is 2.55 bits per heavy atom. The number of amides is 2. The Morgan fingerprint density at radius 1 is 1.10 bits per heavy atom. The minimum absolute atomic E-state index is 0.235. The number of urea groups is 1. The number of benzene rings is 2. The summed E-state index contributed by atoms with van der Waals surface area (Å²) in [6.07, 6.45) is 2.10. The number of nitriles is 1. The topological polar surface area (TPSA) is 103 Å². The minimum Gasteiger partial charge on any atom is -0.493 e. The Kier molecular flexibility index (Phi) is 8.78. The maximum absolute atomic E-state index is 15.2. The van der Waals surface area contributed by atoms with Crippen molar-refractivity contribution in [3.05, 3.63) is 54.0 Å². The highest BCUT2D eigenvalue weighted by atomic mass is 19.1. The van der Waals surface area contributed by atoms with E-state index < -0.39 is 5.82 Å². The van der Waals surface area contributed by atoms with Crippen LogP contribution in [0.3, 0.4) is 0 Å². The number of ether oxygens (including phenoxy) is 3. The first-order chi connectivity index (χ1) is 19.6. The molecule has 5 rings (SSSR count). The minimum atomic E-state index is -0.427. The lowest BCUT2D eigenvalue weighted by atomic mass is 10.1. The van der Waals surface area contributed by atoms with E-state index in [1.807, 2.05) is 4.90 Å². The molecule has 10 nitrogen and oxygen atoms in total. The zero-order valence-corrected chi connectivity index (χ0v) is 22.6. The summed E-state index contributed by atoms with van der Waals surface area (Å²) in [5.74, 6) is 0.670. The number of rotatable bonds is 8. The van der Waals surface area contributed by atoms with Crippen LogP contribution in [0.5, 0.6) is 11.5 Å². The fourth-order valence-electron chi connectivity index (χ4n) is 5.01. The maximum atomic E-state index is 15.2. The van der Waals surface area contributed by atoms with Crippen molar-refractivity contribution in [1.82, 2.24) is 14.8 Å². The Balaban J connectivity index is 1.23. The van der Waals surface area contributed by atoms with Crippen molar-refractivity contribution in [3.8, 4) is 17.6 Å². The summed E-state index contributed by atoms with van der Waals surface area (Å²) < 4.78 is 32.2. The summed E-state index contributed by atoms with van der Waals surface area (Å²) in [5, 5.41) is 12.4. The summed E-state index contributed by atoms with van der Waals surface area (Å²) in [6, 6.07) is 12.1. The third-order valence-electron chi connectivity index (χ3n) is 7.21. The number of aromatic nitrogens is 1. The Bertz CT molecular complexity index is 1370. The van der Waals surface area contributed by atoms with Gasteiger partial charge in [-0.25, -0.2) is 9.18 Å². The lowest BCUT2D eigenvalue weighted by molar-refractivity contribution is 0.0357. The number of carbonyl (C=O) groups is 1. The average molecular weight is 549 g/mol. The second-order valence-electron chi connectivity index (χ2n) is 9.72. The van der Waals surface area contributed by atoms with E-state index in [0.717, 1.165) is 39.3 Å². The normalized spacial score (nSPS) is 16.0. The molecule has 3 aromatic rings. The largest absolute Gasteiger partial charge is 0.493 e. The highest BCUT2D eigenvalue weighted by Gasteiger charge is 2.25. The number of methoxy groups -OCH3 is 1. The quantitative estimate of drug-likeness (QED) is 0.425. The Hall–Kier alpha value is -4.14. The molecule has 0 bridgehead atoms. The van der Waals surface area contributed by atoms with Crippen LogP contribution in [0.4, 0.5) is 20.6 Å². The molecule has 1 aromatic heterocycles. The first kappa shape index (κ1) is 27.4. The molecule has 2 amide bonds. The number of pyridine rings is 1. The predicted molar refractivity (Wildman–Crippen MR) is 150 cm³/mol. The summed E-state index contributed by atoms with van der Waals surface area (Å²) in [4.78, 5) is 23.1. The summed E-state index contributed by atoms with van der Waals surface area (Å²) in [7, 11) is 1.57. The number of carbonyl (C=O) groups excluding carboxylic acids is 1. The molecule has 2 fully saturated rings. The van der Waals surface area contributed by atoms with E-state index >= 15 is 4.39 Å². The SMILES string of the molecule is COc1cc2c(N3CCN(C(=O)Nc4ccc(C#N)cc4)CC3)c(F)cnc2cc1OCCCN1CCOCC1. The van der Waals surface area contributed by atoms with E-state index in [2.05, 4.69) is 21.3 Å². The van der Waals surface area contributed by atoms with Gasteiger partial charge in [-0.2, -0.15) is 5.26 Å². The average Bonchev–Trinajstić information content (AvgIpc) is 3.00. The monoisotopic (exact) mass is 548 g/mol. The van der Waals surface area contributed by atoms with Crippen LogP contribution in [0.1, 0.15) is 12.0 Å². The van der Waals surface area contributed by atoms with E-state index in [9.17, 15) is 4.79 Å². The number of halogens is 1. The first-order valence-corrected chi connectivity index (χ1v) is 13.5. The van der Waals surface area contributed by atoms with Crippen molar-refractivity contribution in [2.24, 2.45) is 0 Å². The van der Waals surface area contributed by atoms with Crippen LogP contribution in [0.25, 0.3) is 10.9 Å². The van der Waals surface area contributed by atoms with Gasteiger partial charge in [-0.1, -0.05) is 0 Å². The van der Waals surface area contributed by atoms with Crippen molar-refractivity contribution >= 4 is 28.3 Å². The Labute approximate surface area is 232 Å². The number of piperazine rings is 1. The van der Waals surface area contributed by atoms with Crippen LogP contribution >= 0.6 is 0 Å². The molecule has 2 aromatic carbocycles. The fraction of sp³-hybridized carbons (Fsp3) is 0.414. The van der Waals surface area contributed by atoms with Gasteiger partial charge in [0.15, 0.2) is 17.3 Å². The molecule has 40 heavy (non-hydrogen) atoms. The van der Waals surface area contributed by atoms with Gasteiger partial charge in [-0.3, -0.25) is 9.88 Å². The number of hydrogen-bond acceptors (Lipinski definition) is 8. The number of anilines is 2. The van der Waals surface area contributed by atoms with E-state index in [-0.39, 0.29) is 6.03 Å². The standard InChI is InChI=1S/C29H33FN6O4/c1-38-26-17-23-25(18-27(26)40-14-2-7-34-12-15-39-16-13-34)32-20-24(30)28(23)35-8-10-36(11-9-35)29(37)33-22-5-3-21(19-31)4-6-22/h3-6,17-18,20H,2,7-16H2,1H3,(H,33,37). The van der Waals surface area contributed by atoms with Gasteiger partial charge in [-0.05, 0) is 36.8 Å². The van der Waals surface area contributed by atoms with Crippen LogP contribution in [0, 0.1) is 17.1 Å². The van der Waals surface area contributed by atoms with Crippen molar-refractivity contribution in [3.63, 3.8) is 0 Å².